The largest absolute Gasteiger partial charge is 0.305 e. The summed E-state index contributed by atoms with van der Waals surface area (Å²) in [6.07, 6.45) is 6.43. The molecule has 108 valence electrons. The van der Waals surface area contributed by atoms with Gasteiger partial charge in [-0.2, -0.15) is 10.2 Å². The molecule has 0 aliphatic carbocycles. The van der Waals surface area contributed by atoms with Gasteiger partial charge < -0.3 is 5.32 Å². The zero-order chi connectivity index (χ0) is 15.0. The van der Waals surface area contributed by atoms with E-state index in [1.54, 1.807) is 23.1 Å². The van der Waals surface area contributed by atoms with Crippen molar-refractivity contribution in [1.82, 2.24) is 24.8 Å². The minimum atomic E-state index is -0.259. The molecule has 3 aromatic heterocycles. The number of nitrogens with zero attached hydrogens (tertiary/aromatic N) is 4. The molecule has 7 nitrogen and oxygen atoms in total. The van der Waals surface area contributed by atoms with E-state index in [1.807, 2.05) is 6.07 Å². The van der Waals surface area contributed by atoms with Crippen molar-refractivity contribution < 1.29 is 4.79 Å². The van der Waals surface area contributed by atoms with Gasteiger partial charge in [0.05, 0.1) is 23.5 Å². The first-order chi connectivity index (χ1) is 9.95. The fourth-order valence-corrected chi connectivity index (χ4v) is 1.96. The Morgan fingerprint density at radius 3 is 2.86 bits per heavy atom. The molecule has 0 unspecified atom stereocenters. The highest BCUT2D eigenvalue weighted by atomic mass is 16.1. The predicted octanol–water partition coefficient (Wildman–Crippen LogP) is 2.00. The first-order valence-corrected chi connectivity index (χ1v) is 6.60. The van der Waals surface area contributed by atoms with Gasteiger partial charge in [0.15, 0.2) is 5.82 Å². The Balaban J connectivity index is 1.85. The number of carbonyl (C=O) groups excluding carboxylic acids is 1. The Hall–Kier alpha value is -2.70. The summed E-state index contributed by atoms with van der Waals surface area (Å²) in [5, 5.41) is 13.9. The van der Waals surface area contributed by atoms with Gasteiger partial charge in [0.2, 0.25) is 0 Å². The lowest BCUT2D eigenvalue weighted by Gasteiger charge is -2.14. The van der Waals surface area contributed by atoms with Crippen LogP contribution in [0.15, 0.2) is 30.9 Å². The first kappa shape index (κ1) is 13.3. The smallest absolute Gasteiger partial charge is 0.260 e. The Morgan fingerprint density at radius 1 is 1.33 bits per heavy atom. The molecular formula is C14H16N6O. The van der Waals surface area contributed by atoms with Crippen LogP contribution in [0.5, 0.6) is 0 Å². The second kappa shape index (κ2) is 4.69. The summed E-state index contributed by atoms with van der Waals surface area (Å²) in [6, 6.07) is 1.84. The number of aromatic nitrogens is 5. The van der Waals surface area contributed by atoms with Crippen LogP contribution < -0.4 is 5.32 Å². The van der Waals surface area contributed by atoms with Gasteiger partial charge >= 0.3 is 0 Å². The van der Waals surface area contributed by atoms with E-state index >= 15 is 0 Å². The maximum absolute atomic E-state index is 12.3. The van der Waals surface area contributed by atoms with E-state index in [0.717, 1.165) is 5.69 Å². The quantitative estimate of drug-likeness (QED) is 0.753. The highest BCUT2D eigenvalue weighted by molar-refractivity contribution is 6.08. The van der Waals surface area contributed by atoms with Gasteiger partial charge in [-0.1, -0.05) is 20.8 Å². The van der Waals surface area contributed by atoms with E-state index < -0.39 is 0 Å². The van der Waals surface area contributed by atoms with Crippen LogP contribution in [0.25, 0.3) is 5.52 Å². The minimum absolute atomic E-state index is 0.0513. The third-order valence-corrected chi connectivity index (χ3v) is 3.20. The molecule has 3 aromatic rings. The van der Waals surface area contributed by atoms with Crippen LogP contribution in [0.2, 0.25) is 0 Å². The molecule has 0 spiro atoms. The van der Waals surface area contributed by atoms with Crippen molar-refractivity contribution >= 4 is 17.2 Å². The van der Waals surface area contributed by atoms with Gasteiger partial charge in [-0.05, 0) is 0 Å². The molecule has 0 aromatic carbocycles. The Bertz CT molecular complexity index is 795. The summed E-state index contributed by atoms with van der Waals surface area (Å²) in [7, 11) is 0. The highest BCUT2D eigenvalue weighted by Gasteiger charge is 2.18. The molecule has 0 bridgehead atoms. The number of hydrogen-bond donors (Lipinski definition) is 2. The lowest BCUT2D eigenvalue weighted by Crippen LogP contribution is -2.12. The zero-order valence-electron chi connectivity index (χ0n) is 12.1. The minimum Gasteiger partial charge on any atom is -0.305 e. The summed E-state index contributed by atoms with van der Waals surface area (Å²) in [5.74, 6) is 0.234. The zero-order valence-corrected chi connectivity index (χ0v) is 12.1. The normalized spacial score (nSPS) is 11.8. The van der Waals surface area contributed by atoms with E-state index in [4.69, 9.17) is 0 Å². The Kier molecular flexibility index (Phi) is 2.97. The lowest BCUT2D eigenvalue weighted by atomic mass is 9.92. The molecule has 3 heterocycles. The topological polar surface area (TPSA) is 88.0 Å². The van der Waals surface area contributed by atoms with E-state index in [9.17, 15) is 4.79 Å². The van der Waals surface area contributed by atoms with Gasteiger partial charge in [0.1, 0.15) is 0 Å². The number of fused-ring (bicyclic) bond motifs is 1. The average Bonchev–Trinajstić information content (AvgIpc) is 3.03. The molecule has 0 aliphatic heterocycles. The third kappa shape index (κ3) is 2.49. The summed E-state index contributed by atoms with van der Waals surface area (Å²) < 4.78 is 1.60. The van der Waals surface area contributed by atoms with Crippen LogP contribution in [-0.2, 0) is 5.41 Å². The maximum atomic E-state index is 12.3. The molecule has 0 saturated carbocycles. The van der Waals surface area contributed by atoms with Crippen LogP contribution in [-0.4, -0.2) is 30.7 Å². The highest BCUT2D eigenvalue weighted by Crippen LogP contribution is 2.22. The van der Waals surface area contributed by atoms with Crippen molar-refractivity contribution in [1.29, 1.82) is 0 Å². The van der Waals surface area contributed by atoms with E-state index in [-0.39, 0.29) is 11.3 Å². The number of amides is 1. The van der Waals surface area contributed by atoms with E-state index in [0.29, 0.717) is 16.9 Å². The molecule has 1 amide bonds. The second-order valence-corrected chi connectivity index (χ2v) is 5.84. The summed E-state index contributed by atoms with van der Waals surface area (Å²) in [6.45, 7) is 6.22. The maximum Gasteiger partial charge on any atom is 0.260 e. The first-order valence-electron chi connectivity index (χ1n) is 6.60. The molecule has 0 aliphatic rings. The number of hydrogen-bond acceptors (Lipinski definition) is 4. The van der Waals surface area contributed by atoms with Crippen molar-refractivity contribution in [3.05, 3.63) is 42.1 Å². The Morgan fingerprint density at radius 2 is 2.14 bits per heavy atom. The number of nitrogens with one attached hydrogen (secondary N) is 2. The van der Waals surface area contributed by atoms with Gasteiger partial charge in [-0.3, -0.25) is 14.9 Å². The molecule has 0 radical (unpaired) electrons. The number of rotatable bonds is 2. The number of carbonyl (C=O) groups is 1. The van der Waals surface area contributed by atoms with Crippen LogP contribution in [0.1, 0.15) is 36.8 Å². The average molecular weight is 284 g/mol. The van der Waals surface area contributed by atoms with Crippen molar-refractivity contribution in [2.24, 2.45) is 0 Å². The van der Waals surface area contributed by atoms with Crippen molar-refractivity contribution in [2.75, 3.05) is 5.32 Å². The molecule has 21 heavy (non-hydrogen) atoms. The van der Waals surface area contributed by atoms with Crippen LogP contribution in [0.4, 0.5) is 5.82 Å². The molecule has 0 saturated heterocycles. The molecule has 7 heteroatoms. The standard InChI is InChI=1S/C14H16N6O/c1-14(2,3)11-6-12(19-18-11)17-13(21)9-7-16-20-5-4-15-8-10(9)20/h4-8H,1-3H3,(H2,17,18,19,21). The molecular weight excluding hydrogens is 268 g/mol. The summed E-state index contributed by atoms with van der Waals surface area (Å²) >= 11 is 0. The van der Waals surface area contributed by atoms with Crippen molar-refractivity contribution in [3.8, 4) is 0 Å². The predicted molar refractivity (Wildman–Crippen MR) is 78.2 cm³/mol. The van der Waals surface area contributed by atoms with Crippen LogP contribution >= 0.6 is 0 Å². The number of anilines is 1. The van der Waals surface area contributed by atoms with Gasteiger partial charge in [0.25, 0.3) is 5.91 Å². The van der Waals surface area contributed by atoms with E-state index in [2.05, 4.69) is 46.4 Å². The van der Waals surface area contributed by atoms with Crippen molar-refractivity contribution in [3.63, 3.8) is 0 Å². The van der Waals surface area contributed by atoms with Crippen molar-refractivity contribution in [2.45, 2.75) is 26.2 Å². The SMILES string of the molecule is CC(C)(C)c1cc(NC(=O)c2cnn3ccncc23)n[nH]1. The van der Waals surface area contributed by atoms with Crippen LogP contribution in [0.3, 0.4) is 0 Å². The molecule has 2 N–H and O–H groups in total. The fourth-order valence-electron chi connectivity index (χ4n) is 1.96. The summed E-state index contributed by atoms with van der Waals surface area (Å²) in [5.41, 5.74) is 2.02. The fraction of sp³-hybridized carbons (Fsp3) is 0.286. The third-order valence-electron chi connectivity index (χ3n) is 3.20. The molecule has 0 fully saturated rings. The monoisotopic (exact) mass is 284 g/mol. The van der Waals surface area contributed by atoms with E-state index in [1.165, 1.54) is 6.20 Å². The number of aromatic amines is 1. The lowest BCUT2D eigenvalue weighted by molar-refractivity contribution is 0.102. The van der Waals surface area contributed by atoms with Crippen LogP contribution in [0, 0.1) is 0 Å². The Labute approximate surface area is 121 Å². The van der Waals surface area contributed by atoms with Gasteiger partial charge in [-0.15, -0.1) is 0 Å². The van der Waals surface area contributed by atoms with Gasteiger partial charge in [0, 0.05) is 29.6 Å². The number of H-pyrrole nitrogens is 1. The van der Waals surface area contributed by atoms with Gasteiger partial charge in [-0.25, -0.2) is 4.52 Å². The second-order valence-electron chi connectivity index (χ2n) is 5.84. The molecule has 0 atom stereocenters. The molecule has 3 rings (SSSR count). The summed E-state index contributed by atoms with van der Waals surface area (Å²) in [4.78, 5) is 16.3.